The minimum absolute atomic E-state index is 0.0350. The summed E-state index contributed by atoms with van der Waals surface area (Å²) in [5, 5.41) is 0. The van der Waals surface area contributed by atoms with E-state index in [-0.39, 0.29) is 12.2 Å². The quantitative estimate of drug-likeness (QED) is 0.430. The molecule has 1 aliphatic rings. The van der Waals surface area contributed by atoms with Gasteiger partial charge in [0.25, 0.3) is 0 Å². The van der Waals surface area contributed by atoms with E-state index in [0.717, 1.165) is 16.7 Å². The Morgan fingerprint density at radius 2 is 1.12 bits per heavy atom. The predicted molar refractivity (Wildman–Crippen MR) is 100 cm³/mol. The second-order valence-electron chi connectivity index (χ2n) is 6.39. The maximum absolute atomic E-state index is 6.08. The Hall–Kier alpha value is -2.46. The van der Waals surface area contributed by atoms with Crippen LogP contribution in [-0.2, 0) is 27.4 Å². The van der Waals surface area contributed by atoms with Crippen molar-refractivity contribution in [3.63, 3.8) is 0 Å². The summed E-state index contributed by atoms with van der Waals surface area (Å²) in [6.45, 7) is 1.00. The molecular formula is C23H22O3. The van der Waals surface area contributed by atoms with Crippen LogP contribution >= 0.6 is 0 Å². The molecule has 26 heavy (non-hydrogen) atoms. The fraction of sp³-hybridized carbons (Fsp3) is 0.217. The summed E-state index contributed by atoms with van der Waals surface area (Å²) in [5.41, 5.74) is 3.41. The first-order valence-corrected chi connectivity index (χ1v) is 8.91. The maximum atomic E-state index is 6.08. The number of hydrogen-bond acceptors (Lipinski definition) is 3. The van der Waals surface area contributed by atoms with Crippen molar-refractivity contribution in [2.24, 2.45) is 0 Å². The van der Waals surface area contributed by atoms with Crippen LogP contribution in [0.25, 0.3) is 0 Å². The highest BCUT2D eigenvalue weighted by Gasteiger charge is 2.47. The van der Waals surface area contributed by atoms with Gasteiger partial charge in [0.2, 0.25) is 0 Å². The molecule has 0 saturated carbocycles. The first kappa shape index (κ1) is 17.0. The van der Waals surface area contributed by atoms with Gasteiger partial charge in [-0.3, -0.25) is 0 Å². The van der Waals surface area contributed by atoms with E-state index >= 15 is 0 Å². The summed E-state index contributed by atoms with van der Waals surface area (Å²) in [4.78, 5) is 0. The lowest BCUT2D eigenvalue weighted by Crippen LogP contribution is -2.24. The van der Waals surface area contributed by atoms with Gasteiger partial charge in [-0.2, -0.15) is 0 Å². The maximum Gasteiger partial charge on any atom is 0.187 e. The summed E-state index contributed by atoms with van der Waals surface area (Å²) in [5.74, 6) is 0. The van der Waals surface area contributed by atoms with E-state index in [9.17, 15) is 0 Å². The number of rotatable bonds is 8. The highest BCUT2D eigenvalue weighted by atomic mass is 16.7. The number of ether oxygens (including phenoxy) is 3. The van der Waals surface area contributed by atoms with Gasteiger partial charge in [-0.25, -0.2) is 0 Å². The normalized spacial score (nSPS) is 18.8. The Bertz CT molecular complexity index is 746. The molecule has 3 heteroatoms. The Morgan fingerprint density at radius 1 is 0.654 bits per heavy atom. The third-order valence-corrected chi connectivity index (χ3v) is 4.44. The van der Waals surface area contributed by atoms with Crippen LogP contribution in [0.3, 0.4) is 0 Å². The third kappa shape index (κ3) is 4.38. The minimum atomic E-state index is -0.402. The molecule has 2 atom stereocenters. The van der Waals surface area contributed by atoms with E-state index in [0.29, 0.717) is 13.2 Å². The van der Waals surface area contributed by atoms with Crippen molar-refractivity contribution in [3.05, 3.63) is 108 Å². The zero-order chi connectivity index (χ0) is 17.6. The van der Waals surface area contributed by atoms with Crippen LogP contribution in [0.1, 0.15) is 22.8 Å². The second-order valence-corrected chi connectivity index (χ2v) is 6.39. The standard InChI is InChI=1S/C23H22O3/c1-4-10-18(11-5-1)16-24-23(25-17-19-12-6-2-7-13-19)22-21(26-22)20-14-8-3-9-15-20/h1-15,21-23H,16-17H2. The van der Waals surface area contributed by atoms with E-state index in [1.807, 2.05) is 54.6 Å². The summed E-state index contributed by atoms with van der Waals surface area (Å²) in [7, 11) is 0. The third-order valence-electron chi connectivity index (χ3n) is 4.44. The summed E-state index contributed by atoms with van der Waals surface area (Å²) < 4.78 is 18.0. The van der Waals surface area contributed by atoms with Crippen molar-refractivity contribution in [1.29, 1.82) is 0 Å². The van der Waals surface area contributed by atoms with Gasteiger partial charge in [0.1, 0.15) is 12.2 Å². The highest BCUT2D eigenvalue weighted by molar-refractivity contribution is 5.23. The zero-order valence-electron chi connectivity index (χ0n) is 14.5. The van der Waals surface area contributed by atoms with Gasteiger partial charge in [0.05, 0.1) is 13.2 Å². The first-order chi connectivity index (χ1) is 12.9. The average Bonchev–Trinajstić information content (AvgIpc) is 3.51. The molecule has 1 fully saturated rings. The van der Waals surface area contributed by atoms with Crippen molar-refractivity contribution in [1.82, 2.24) is 0 Å². The fourth-order valence-corrected chi connectivity index (χ4v) is 2.98. The Kier molecular flexibility index (Phi) is 5.41. The van der Waals surface area contributed by atoms with Crippen LogP contribution in [0, 0.1) is 0 Å². The van der Waals surface area contributed by atoms with Gasteiger partial charge < -0.3 is 14.2 Å². The monoisotopic (exact) mass is 346 g/mol. The van der Waals surface area contributed by atoms with E-state index < -0.39 is 6.29 Å². The SMILES string of the molecule is c1ccc(COC(OCc2ccccc2)C2OC2c2ccccc2)cc1. The van der Waals surface area contributed by atoms with Gasteiger partial charge in [-0.15, -0.1) is 0 Å². The summed E-state index contributed by atoms with van der Waals surface area (Å²) in [6.07, 6.45) is -0.446. The molecule has 0 N–H and O–H groups in total. The van der Waals surface area contributed by atoms with Crippen LogP contribution < -0.4 is 0 Å². The molecule has 2 unspecified atom stereocenters. The molecule has 0 radical (unpaired) electrons. The molecule has 0 aliphatic carbocycles. The summed E-state index contributed by atoms with van der Waals surface area (Å²) in [6, 6.07) is 30.5. The Balaban J connectivity index is 1.41. The zero-order valence-corrected chi connectivity index (χ0v) is 14.5. The minimum Gasteiger partial charge on any atom is -0.359 e. The van der Waals surface area contributed by atoms with E-state index in [1.54, 1.807) is 0 Å². The Morgan fingerprint density at radius 3 is 1.62 bits per heavy atom. The van der Waals surface area contributed by atoms with Crippen LogP contribution in [0.4, 0.5) is 0 Å². The van der Waals surface area contributed by atoms with E-state index in [2.05, 4.69) is 36.4 Å². The van der Waals surface area contributed by atoms with Gasteiger partial charge >= 0.3 is 0 Å². The van der Waals surface area contributed by atoms with Crippen molar-refractivity contribution in [2.75, 3.05) is 0 Å². The lowest BCUT2D eigenvalue weighted by molar-refractivity contribution is -0.167. The lowest BCUT2D eigenvalue weighted by Gasteiger charge is -2.17. The molecule has 0 bridgehead atoms. The molecule has 132 valence electrons. The molecular weight excluding hydrogens is 324 g/mol. The van der Waals surface area contributed by atoms with Crippen molar-refractivity contribution in [3.8, 4) is 0 Å². The second kappa shape index (κ2) is 8.28. The molecule has 1 heterocycles. The fourth-order valence-electron chi connectivity index (χ4n) is 2.98. The molecule has 4 rings (SSSR count). The molecule has 0 aromatic heterocycles. The first-order valence-electron chi connectivity index (χ1n) is 8.91. The van der Waals surface area contributed by atoms with Crippen LogP contribution in [0.2, 0.25) is 0 Å². The van der Waals surface area contributed by atoms with Crippen molar-refractivity contribution in [2.45, 2.75) is 31.7 Å². The van der Waals surface area contributed by atoms with Gasteiger partial charge in [-0.05, 0) is 16.7 Å². The van der Waals surface area contributed by atoms with Gasteiger partial charge in [0.15, 0.2) is 6.29 Å². The number of epoxide rings is 1. The molecule has 3 nitrogen and oxygen atoms in total. The molecule has 0 amide bonds. The molecule has 0 spiro atoms. The van der Waals surface area contributed by atoms with E-state index in [1.165, 1.54) is 0 Å². The van der Waals surface area contributed by atoms with Crippen LogP contribution in [-0.4, -0.2) is 12.4 Å². The van der Waals surface area contributed by atoms with Gasteiger partial charge in [0, 0.05) is 0 Å². The summed E-state index contributed by atoms with van der Waals surface area (Å²) >= 11 is 0. The molecule has 3 aromatic carbocycles. The molecule has 1 saturated heterocycles. The van der Waals surface area contributed by atoms with Crippen molar-refractivity contribution < 1.29 is 14.2 Å². The number of benzene rings is 3. The van der Waals surface area contributed by atoms with Gasteiger partial charge in [-0.1, -0.05) is 91.0 Å². The Labute approximate surface area is 154 Å². The lowest BCUT2D eigenvalue weighted by atomic mass is 10.1. The van der Waals surface area contributed by atoms with Crippen molar-refractivity contribution >= 4 is 0 Å². The number of hydrogen-bond donors (Lipinski definition) is 0. The topological polar surface area (TPSA) is 31.0 Å². The van der Waals surface area contributed by atoms with Crippen LogP contribution in [0.5, 0.6) is 0 Å². The highest BCUT2D eigenvalue weighted by Crippen LogP contribution is 2.42. The largest absolute Gasteiger partial charge is 0.359 e. The molecule has 3 aromatic rings. The van der Waals surface area contributed by atoms with Crippen LogP contribution in [0.15, 0.2) is 91.0 Å². The van der Waals surface area contributed by atoms with E-state index in [4.69, 9.17) is 14.2 Å². The smallest absolute Gasteiger partial charge is 0.187 e. The predicted octanol–water partition coefficient (Wildman–Crippen LogP) is 4.89. The molecule has 1 aliphatic heterocycles. The average molecular weight is 346 g/mol.